The highest BCUT2D eigenvalue weighted by molar-refractivity contribution is 9.10. The molecule has 2 rings (SSSR count). The van der Waals surface area contributed by atoms with Gasteiger partial charge in [-0.05, 0) is 64.1 Å². The lowest BCUT2D eigenvalue weighted by molar-refractivity contribution is 0.531. The summed E-state index contributed by atoms with van der Waals surface area (Å²) in [4.78, 5) is 1.34. The van der Waals surface area contributed by atoms with Crippen LogP contribution in [0.4, 0.5) is 0 Å². The van der Waals surface area contributed by atoms with Crippen molar-refractivity contribution < 1.29 is 0 Å². The number of thiophene rings is 1. The lowest BCUT2D eigenvalue weighted by atomic mass is 10.0. The summed E-state index contributed by atoms with van der Waals surface area (Å²) in [7, 11) is 0. The summed E-state index contributed by atoms with van der Waals surface area (Å²) in [5.74, 6) is 0. The Labute approximate surface area is 146 Å². The third-order valence-electron chi connectivity index (χ3n) is 3.05. The van der Waals surface area contributed by atoms with Crippen LogP contribution in [0, 0.1) is 0 Å². The summed E-state index contributed by atoms with van der Waals surface area (Å²) in [6.07, 6.45) is 2.04. The molecule has 0 spiro atoms. The second kappa shape index (κ2) is 7.95. The SMILES string of the molecule is CCCNC(Cc1sccc1Br)c1cc(Br)ccc1Cl. The van der Waals surface area contributed by atoms with Crippen LogP contribution in [0.1, 0.15) is 29.8 Å². The highest BCUT2D eigenvalue weighted by Crippen LogP contribution is 2.32. The summed E-state index contributed by atoms with van der Waals surface area (Å²) in [6.45, 7) is 3.16. The van der Waals surface area contributed by atoms with Crippen molar-refractivity contribution in [1.82, 2.24) is 5.32 Å². The first-order chi connectivity index (χ1) is 9.61. The molecular formula is C15H16Br2ClNS. The third kappa shape index (κ3) is 4.31. The summed E-state index contributed by atoms with van der Waals surface area (Å²) in [5.41, 5.74) is 1.15. The van der Waals surface area contributed by atoms with Crippen LogP contribution in [0.3, 0.4) is 0 Å². The summed E-state index contributed by atoms with van der Waals surface area (Å²) in [6, 6.07) is 8.36. The molecule has 1 aromatic heterocycles. The van der Waals surface area contributed by atoms with E-state index in [0.717, 1.165) is 34.4 Å². The Morgan fingerprint density at radius 2 is 2.10 bits per heavy atom. The molecule has 0 amide bonds. The van der Waals surface area contributed by atoms with E-state index in [1.165, 1.54) is 9.35 Å². The summed E-state index contributed by atoms with van der Waals surface area (Å²) >= 11 is 15.3. The van der Waals surface area contributed by atoms with Crippen molar-refractivity contribution in [2.24, 2.45) is 0 Å². The number of nitrogens with one attached hydrogen (secondary N) is 1. The van der Waals surface area contributed by atoms with Crippen molar-refractivity contribution in [3.63, 3.8) is 0 Å². The van der Waals surface area contributed by atoms with E-state index in [9.17, 15) is 0 Å². The van der Waals surface area contributed by atoms with E-state index in [4.69, 9.17) is 11.6 Å². The Hall–Kier alpha value is 0.130. The molecule has 0 radical (unpaired) electrons. The van der Waals surface area contributed by atoms with Gasteiger partial charge in [0.25, 0.3) is 0 Å². The van der Waals surface area contributed by atoms with Crippen molar-refractivity contribution in [2.45, 2.75) is 25.8 Å². The zero-order valence-corrected chi connectivity index (χ0v) is 15.9. The second-order valence-corrected chi connectivity index (χ2v) is 7.75. The highest BCUT2D eigenvalue weighted by Gasteiger charge is 2.17. The van der Waals surface area contributed by atoms with Crippen LogP contribution >= 0.6 is 54.8 Å². The molecule has 108 valence electrons. The Morgan fingerprint density at radius 1 is 1.30 bits per heavy atom. The van der Waals surface area contributed by atoms with Gasteiger partial charge >= 0.3 is 0 Å². The minimum absolute atomic E-state index is 0.231. The van der Waals surface area contributed by atoms with E-state index in [1.807, 2.05) is 12.1 Å². The van der Waals surface area contributed by atoms with Crippen LogP contribution in [0.15, 0.2) is 38.6 Å². The Morgan fingerprint density at radius 3 is 2.75 bits per heavy atom. The van der Waals surface area contributed by atoms with Gasteiger partial charge in [0.2, 0.25) is 0 Å². The van der Waals surface area contributed by atoms with Crippen LogP contribution < -0.4 is 5.32 Å². The molecule has 0 aliphatic heterocycles. The van der Waals surface area contributed by atoms with Crippen molar-refractivity contribution in [3.05, 3.63) is 54.1 Å². The molecule has 0 bridgehead atoms. The molecule has 0 saturated heterocycles. The molecule has 20 heavy (non-hydrogen) atoms. The summed E-state index contributed by atoms with van der Waals surface area (Å²) in [5, 5.41) is 6.52. The van der Waals surface area contributed by atoms with Gasteiger partial charge in [0, 0.05) is 31.3 Å². The lowest BCUT2D eigenvalue weighted by Crippen LogP contribution is -2.24. The van der Waals surface area contributed by atoms with Gasteiger partial charge < -0.3 is 5.32 Å². The smallest absolute Gasteiger partial charge is 0.0454 e. The first kappa shape index (κ1) is 16.5. The standard InChI is InChI=1S/C15H16Br2ClNS/c1-2-6-19-14(9-15-12(17)5-7-20-15)11-8-10(16)3-4-13(11)18/h3-5,7-8,14,19H,2,6,9H2,1H3. The van der Waals surface area contributed by atoms with E-state index >= 15 is 0 Å². The Bertz CT molecular complexity index is 571. The van der Waals surface area contributed by atoms with Gasteiger partial charge in [-0.25, -0.2) is 0 Å². The number of rotatable bonds is 6. The quantitative estimate of drug-likeness (QED) is 0.566. The second-order valence-electron chi connectivity index (χ2n) is 4.57. The lowest BCUT2D eigenvalue weighted by Gasteiger charge is -2.20. The minimum atomic E-state index is 0.231. The van der Waals surface area contributed by atoms with E-state index < -0.39 is 0 Å². The van der Waals surface area contributed by atoms with Crippen LogP contribution in [0.2, 0.25) is 5.02 Å². The molecule has 1 atom stereocenters. The predicted molar refractivity (Wildman–Crippen MR) is 95.9 cm³/mol. The molecule has 5 heteroatoms. The fraction of sp³-hybridized carbons (Fsp3) is 0.333. The van der Waals surface area contributed by atoms with Crippen LogP contribution in [-0.4, -0.2) is 6.54 Å². The number of hydrogen-bond acceptors (Lipinski definition) is 2. The fourth-order valence-electron chi connectivity index (χ4n) is 2.05. The van der Waals surface area contributed by atoms with Gasteiger partial charge in [-0.2, -0.15) is 0 Å². The van der Waals surface area contributed by atoms with Crippen molar-refractivity contribution in [3.8, 4) is 0 Å². The number of hydrogen-bond donors (Lipinski definition) is 1. The average Bonchev–Trinajstić information content (AvgIpc) is 2.83. The Kier molecular flexibility index (Phi) is 6.56. The molecule has 2 aromatic rings. The van der Waals surface area contributed by atoms with Crippen LogP contribution in [0.25, 0.3) is 0 Å². The zero-order chi connectivity index (χ0) is 14.5. The molecule has 0 aliphatic rings. The van der Waals surface area contributed by atoms with Gasteiger partial charge in [0.15, 0.2) is 0 Å². The predicted octanol–water partition coefficient (Wildman–Crippen LogP) is 6.21. The molecule has 1 unspecified atom stereocenters. The van der Waals surface area contributed by atoms with Crippen LogP contribution in [-0.2, 0) is 6.42 Å². The maximum absolute atomic E-state index is 6.38. The van der Waals surface area contributed by atoms with Gasteiger partial charge in [-0.15, -0.1) is 11.3 Å². The molecule has 1 N–H and O–H groups in total. The first-order valence-electron chi connectivity index (χ1n) is 6.52. The van der Waals surface area contributed by atoms with Crippen molar-refractivity contribution in [2.75, 3.05) is 6.54 Å². The molecule has 0 saturated carbocycles. The highest BCUT2D eigenvalue weighted by atomic mass is 79.9. The first-order valence-corrected chi connectivity index (χ1v) is 9.36. The monoisotopic (exact) mass is 435 g/mol. The van der Waals surface area contributed by atoms with Gasteiger partial charge in [-0.3, -0.25) is 0 Å². The van der Waals surface area contributed by atoms with Crippen molar-refractivity contribution >= 4 is 54.8 Å². The molecule has 1 nitrogen and oxygen atoms in total. The van der Waals surface area contributed by atoms with Gasteiger partial charge in [0.05, 0.1) is 0 Å². The summed E-state index contributed by atoms with van der Waals surface area (Å²) < 4.78 is 2.24. The molecular weight excluding hydrogens is 422 g/mol. The van der Waals surface area contributed by atoms with E-state index in [1.54, 1.807) is 11.3 Å². The maximum atomic E-state index is 6.38. The van der Waals surface area contributed by atoms with Crippen molar-refractivity contribution in [1.29, 1.82) is 0 Å². The molecule has 0 aliphatic carbocycles. The third-order valence-corrected chi connectivity index (χ3v) is 5.84. The van der Waals surface area contributed by atoms with Crippen LogP contribution in [0.5, 0.6) is 0 Å². The largest absolute Gasteiger partial charge is 0.310 e. The topological polar surface area (TPSA) is 12.0 Å². The van der Waals surface area contributed by atoms with E-state index in [-0.39, 0.29) is 6.04 Å². The number of benzene rings is 1. The normalized spacial score (nSPS) is 12.6. The fourth-order valence-corrected chi connectivity index (χ4v) is 4.24. The Balaban J connectivity index is 2.27. The molecule has 0 fully saturated rings. The van der Waals surface area contributed by atoms with E-state index in [2.05, 4.69) is 61.6 Å². The maximum Gasteiger partial charge on any atom is 0.0454 e. The molecule has 1 heterocycles. The minimum Gasteiger partial charge on any atom is -0.310 e. The average molecular weight is 438 g/mol. The number of halogens is 3. The molecule has 1 aromatic carbocycles. The van der Waals surface area contributed by atoms with Gasteiger partial charge in [0.1, 0.15) is 0 Å². The zero-order valence-electron chi connectivity index (χ0n) is 11.1. The van der Waals surface area contributed by atoms with Gasteiger partial charge in [-0.1, -0.05) is 34.5 Å². The van der Waals surface area contributed by atoms with E-state index in [0.29, 0.717) is 0 Å².